The Hall–Kier alpha value is -2.47. The molecule has 0 radical (unpaired) electrons. The van der Waals surface area contributed by atoms with E-state index in [1.807, 2.05) is 32.0 Å². The molecule has 1 heterocycles. The van der Waals surface area contributed by atoms with E-state index in [9.17, 15) is 9.59 Å². The molecule has 1 N–H and O–H groups in total. The predicted octanol–water partition coefficient (Wildman–Crippen LogP) is 4.13. The van der Waals surface area contributed by atoms with Crippen molar-refractivity contribution < 1.29 is 4.79 Å². The van der Waals surface area contributed by atoms with Gasteiger partial charge in [0.2, 0.25) is 0 Å². The van der Waals surface area contributed by atoms with Crippen LogP contribution >= 0.6 is 15.9 Å². The second kappa shape index (κ2) is 7.83. The van der Waals surface area contributed by atoms with E-state index >= 15 is 0 Å². The number of rotatable bonds is 5. The lowest BCUT2D eigenvalue weighted by atomic mass is 10.1. The fourth-order valence-electron chi connectivity index (χ4n) is 2.81. The maximum atomic E-state index is 13.0. The van der Waals surface area contributed by atoms with Gasteiger partial charge in [0.1, 0.15) is 5.82 Å². The van der Waals surface area contributed by atoms with Gasteiger partial charge < -0.3 is 9.88 Å². The van der Waals surface area contributed by atoms with E-state index in [0.717, 1.165) is 10.9 Å². The standard InChI is InChI=1S/C20H20BrN3O2/c1-3-13(2)24(20(26)14-7-6-8-15(21)11-14)12-18-22-17-10-5-4-9-16(17)19(25)23-18/h4-11,13H,3,12H2,1-2H3,(H,22,23,25)/t13-/m0/s1. The van der Waals surface area contributed by atoms with Crippen molar-refractivity contribution >= 4 is 32.7 Å². The highest BCUT2D eigenvalue weighted by Crippen LogP contribution is 2.17. The second-order valence-electron chi connectivity index (χ2n) is 6.23. The first kappa shape index (κ1) is 18.3. The number of nitrogens with zero attached hydrogens (tertiary/aromatic N) is 2. The molecule has 0 saturated carbocycles. The van der Waals surface area contributed by atoms with E-state index in [2.05, 4.69) is 25.9 Å². The first-order valence-electron chi connectivity index (χ1n) is 8.54. The molecule has 3 aromatic rings. The average Bonchev–Trinajstić information content (AvgIpc) is 2.65. The Labute approximate surface area is 160 Å². The van der Waals surface area contributed by atoms with Crippen LogP contribution in [0.1, 0.15) is 36.5 Å². The molecule has 6 heteroatoms. The largest absolute Gasteiger partial charge is 0.328 e. The van der Waals surface area contributed by atoms with E-state index in [1.54, 1.807) is 35.2 Å². The summed E-state index contributed by atoms with van der Waals surface area (Å²) in [7, 11) is 0. The molecule has 5 nitrogen and oxygen atoms in total. The van der Waals surface area contributed by atoms with Gasteiger partial charge in [0.05, 0.1) is 17.4 Å². The minimum atomic E-state index is -0.190. The quantitative estimate of drug-likeness (QED) is 0.683. The van der Waals surface area contributed by atoms with E-state index < -0.39 is 0 Å². The molecule has 0 spiro atoms. The second-order valence-corrected chi connectivity index (χ2v) is 7.15. The van der Waals surface area contributed by atoms with Crippen LogP contribution in [-0.4, -0.2) is 26.8 Å². The molecule has 0 aliphatic carbocycles. The molecule has 1 amide bonds. The number of hydrogen-bond donors (Lipinski definition) is 1. The van der Waals surface area contributed by atoms with Crippen molar-refractivity contribution in [2.45, 2.75) is 32.9 Å². The van der Waals surface area contributed by atoms with E-state index in [1.165, 1.54) is 0 Å². The Morgan fingerprint density at radius 2 is 2.00 bits per heavy atom. The van der Waals surface area contributed by atoms with Gasteiger partial charge in [-0.25, -0.2) is 4.98 Å². The first-order valence-corrected chi connectivity index (χ1v) is 9.33. The third-order valence-electron chi connectivity index (χ3n) is 4.44. The Balaban J connectivity index is 1.97. The molecule has 26 heavy (non-hydrogen) atoms. The van der Waals surface area contributed by atoms with Crippen LogP contribution in [-0.2, 0) is 6.54 Å². The van der Waals surface area contributed by atoms with Crippen LogP contribution in [0.2, 0.25) is 0 Å². The fourth-order valence-corrected chi connectivity index (χ4v) is 3.21. The number of hydrogen-bond acceptors (Lipinski definition) is 3. The van der Waals surface area contributed by atoms with Crippen LogP contribution in [0.5, 0.6) is 0 Å². The lowest BCUT2D eigenvalue weighted by molar-refractivity contribution is 0.0666. The number of aromatic nitrogens is 2. The molecule has 1 aromatic heterocycles. The van der Waals surface area contributed by atoms with Crippen LogP contribution in [0.4, 0.5) is 0 Å². The molecule has 134 valence electrons. The number of nitrogens with one attached hydrogen (secondary N) is 1. The van der Waals surface area contributed by atoms with Gasteiger partial charge in [-0.1, -0.05) is 41.1 Å². The fraction of sp³-hybridized carbons (Fsp3) is 0.250. The van der Waals surface area contributed by atoms with Gasteiger partial charge >= 0.3 is 0 Å². The monoisotopic (exact) mass is 413 g/mol. The molecule has 1 atom stereocenters. The number of aromatic amines is 1. The zero-order valence-corrected chi connectivity index (χ0v) is 16.3. The van der Waals surface area contributed by atoms with Crippen molar-refractivity contribution in [2.24, 2.45) is 0 Å². The van der Waals surface area contributed by atoms with Crippen LogP contribution in [0.3, 0.4) is 0 Å². The molecule has 0 aliphatic heterocycles. The van der Waals surface area contributed by atoms with Crippen LogP contribution in [0.15, 0.2) is 57.8 Å². The topological polar surface area (TPSA) is 66.1 Å². The Bertz CT molecular complexity index is 1000. The highest BCUT2D eigenvalue weighted by molar-refractivity contribution is 9.10. The summed E-state index contributed by atoms with van der Waals surface area (Å²) in [5, 5.41) is 0.546. The highest BCUT2D eigenvalue weighted by atomic mass is 79.9. The van der Waals surface area contributed by atoms with E-state index in [0.29, 0.717) is 22.3 Å². The molecule has 0 unspecified atom stereocenters. The summed E-state index contributed by atoms with van der Waals surface area (Å²) in [6.45, 7) is 4.28. The first-order chi connectivity index (χ1) is 12.5. The predicted molar refractivity (Wildman–Crippen MR) is 106 cm³/mol. The normalized spacial score (nSPS) is 12.1. The summed E-state index contributed by atoms with van der Waals surface area (Å²) in [6, 6.07) is 14.5. The van der Waals surface area contributed by atoms with Gasteiger partial charge in [0.15, 0.2) is 0 Å². The van der Waals surface area contributed by atoms with Crippen molar-refractivity contribution in [3.8, 4) is 0 Å². The van der Waals surface area contributed by atoms with Gasteiger partial charge in [-0.15, -0.1) is 0 Å². The highest BCUT2D eigenvalue weighted by Gasteiger charge is 2.22. The number of amides is 1. The van der Waals surface area contributed by atoms with Crippen molar-refractivity contribution in [1.29, 1.82) is 0 Å². The van der Waals surface area contributed by atoms with Crippen molar-refractivity contribution in [3.05, 3.63) is 74.7 Å². The molecular weight excluding hydrogens is 394 g/mol. The summed E-state index contributed by atoms with van der Waals surface area (Å²) < 4.78 is 0.852. The molecule has 0 aliphatic rings. The third kappa shape index (κ3) is 3.85. The molecule has 0 saturated heterocycles. The summed E-state index contributed by atoms with van der Waals surface area (Å²) in [6.07, 6.45) is 0.803. The zero-order chi connectivity index (χ0) is 18.7. The lowest BCUT2D eigenvalue weighted by Gasteiger charge is -2.28. The Morgan fingerprint density at radius 3 is 2.73 bits per heavy atom. The van der Waals surface area contributed by atoms with Gasteiger partial charge in [0, 0.05) is 16.1 Å². The minimum absolute atomic E-state index is 0.0123. The number of para-hydroxylation sites is 1. The van der Waals surface area contributed by atoms with Gasteiger partial charge in [-0.05, 0) is 43.7 Å². The Kier molecular flexibility index (Phi) is 5.52. The number of carbonyl (C=O) groups is 1. The number of benzene rings is 2. The molecule has 3 rings (SSSR count). The van der Waals surface area contributed by atoms with E-state index in [4.69, 9.17) is 0 Å². The number of H-pyrrole nitrogens is 1. The maximum absolute atomic E-state index is 13.0. The summed E-state index contributed by atoms with van der Waals surface area (Å²) in [5.74, 6) is 0.397. The minimum Gasteiger partial charge on any atom is -0.328 e. The third-order valence-corrected chi connectivity index (χ3v) is 4.93. The van der Waals surface area contributed by atoms with Gasteiger partial charge in [0.25, 0.3) is 11.5 Å². The lowest BCUT2D eigenvalue weighted by Crippen LogP contribution is -2.38. The molecule has 0 fully saturated rings. The number of carbonyl (C=O) groups excluding carboxylic acids is 1. The maximum Gasteiger partial charge on any atom is 0.258 e. The van der Waals surface area contributed by atoms with Gasteiger partial charge in [-0.2, -0.15) is 0 Å². The van der Waals surface area contributed by atoms with Crippen LogP contribution in [0.25, 0.3) is 10.9 Å². The molecule has 0 bridgehead atoms. The summed E-state index contributed by atoms with van der Waals surface area (Å²) in [5.41, 5.74) is 1.04. The van der Waals surface area contributed by atoms with Crippen molar-refractivity contribution in [2.75, 3.05) is 0 Å². The summed E-state index contributed by atoms with van der Waals surface area (Å²) in [4.78, 5) is 34.4. The SMILES string of the molecule is CC[C@H](C)N(Cc1nc2ccccc2c(=O)[nH]1)C(=O)c1cccc(Br)c1. The number of halogens is 1. The number of fused-ring (bicyclic) bond motifs is 1. The molecular formula is C20H20BrN3O2. The van der Waals surface area contributed by atoms with Crippen molar-refractivity contribution in [3.63, 3.8) is 0 Å². The van der Waals surface area contributed by atoms with Crippen LogP contribution in [0, 0.1) is 0 Å². The summed E-state index contributed by atoms with van der Waals surface area (Å²) >= 11 is 3.41. The zero-order valence-electron chi connectivity index (χ0n) is 14.7. The Morgan fingerprint density at radius 1 is 1.23 bits per heavy atom. The van der Waals surface area contributed by atoms with Gasteiger partial charge in [-0.3, -0.25) is 9.59 Å². The van der Waals surface area contributed by atoms with E-state index in [-0.39, 0.29) is 24.1 Å². The smallest absolute Gasteiger partial charge is 0.258 e. The average molecular weight is 414 g/mol. The van der Waals surface area contributed by atoms with Crippen molar-refractivity contribution in [1.82, 2.24) is 14.9 Å². The molecule has 2 aromatic carbocycles. The van der Waals surface area contributed by atoms with Crippen LogP contribution < -0.4 is 5.56 Å².